The van der Waals surface area contributed by atoms with E-state index in [0.717, 1.165) is 11.3 Å². The van der Waals surface area contributed by atoms with E-state index in [-0.39, 0.29) is 5.00 Å². The summed E-state index contributed by atoms with van der Waals surface area (Å²) in [5, 5.41) is 12.2. The zero-order valence-corrected chi connectivity index (χ0v) is 8.99. The molecule has 2 aromatic rings. The maximum Gasteiger partial charge on any atom is 0.325 e. The van der Waals surface area contributed by atoms with Crippen molar-refractivity contribution in [3.8, 4) is 0 Å². The molecule has 0 aliphatic rings. The van der Waals surface area contributed by atoms with E-state index in [1.807, 2.05) is 0 Å². The molecule has 3 nitrogen and oxygen atoms in total. The molecule has 6 heteroatoms. The fourth-order valence-corrected chi connectivity index (χ4v) is 2.59. The molecule has 0 atom stereocenters. The third-order valence-electron chi connectivity index (χ3n) is 1.75. The lowest BCUT2D eigenvalue weighted by Gasteiger charge is -1.93. The second kappa shape index (κ2) is 3.38. The standard InChI is InChI=1S/C8H3Cl2NO2S/c9-5-1-2-6(10)8-4(5)3-7(14-8)11(12)13/h1-3H. The first-order chi connectivity index (χ1) is 6.59. The summed E-state index contributed by atoms with van der Waals surface area (Å²) in [5.41, 5.74) is 0. The molecule has 1 heterocycles. The molecule has 0 spiro atoms. The minimum Gasteiger partial charge on any atom is -0.258 e. The lowest BCUT2D eigenvalue weighted by Crippen LogP contribution is -1.80. The van der Waals surface area contributed by atoms with Gasteiger partial charge in [0, 0.05) is 16.5 Å². The largest absolute Gasteiger partial charge is 0.325 e. The van der Waals surface area contributed by atoms with Crippen LogP contribution in [0.2, 0.25) is 10.0 Å². The van der Waals surface area contributed by atoms with Gasteiger partial charge >= 0.3 is 5.00 Å². The van der Waals surface area contributed by atoms with Crippen molar-refractivity contribution >= 4 is 49.6 Å². The molecule has 0 saturated carbocycles. The summed E-state index contributed by atoms with van der Waals surface area (Å²) in [6, 6.07) is 4.70. The Bertz CT molecular complexity index is 484. The number of thiophene rings is 1. The third kappa shape index (κ3) is 1.45. The van der Waals surface area contributed by atoms with Crippen molar-refractivity contribution in [3.63, 3.8) is 0 Å². The van der Waals surface area contributed by atoms with E-state index in [4.69, 9.17) is 23.2 Å². The normalized spacial score (nSPS) is 10.7. The SMILES string of the molecule is O=[N+]([O-])c1cc2c(Cl)ccc(Cl)c2s1. The van der Waals surface area contributed by atoms with Crippen molar-refractivity contribution in [1.29, 1.82) is 0 Å². The Labute approximate surface area is 93.0 Å². The van der Waals surface area contributed by atoms with E-state index in [0.29, 0.717) is 20.1 Å². The Morgan fingerprint density at radius 2 is 1.93 bits per heavy atom. The Balaban J connectivity index is 2.82. The minimum absolute atomic E-state index is 0.0509. The lowest BCUT2D eigenvalue weighted by atomic mass is 10.2. The van der Waals surface area contributed by atoms with Crippen LogP contribution in [0.5, 0.6) is 0 Å². The molecule has 0 amide bonds. The summed E-state index contributed by atoms with van der Waals surface area (Å²) in [6.45, 7) is 0. The number of hydrogen-bond donors (Lipinski definition) is 0. The molecule has 0 fully saturated rings. The molecule has 72 valence electrons. The van der Waals surface area contributed by atoms with Crippen LogP contribution in [0.4, 0.5) is 5.00 Å². The number of nitro groups is 1. The van der Waals surface area contributed by atoms with Gasteiger partial charge < -0.3 is 0 Å². The Hall–Kier alpha value is -0.840. The molecule has 14 heavy (non-hydrogen) atoms. The van der Waals surface area contributed by atoms with Gasteiger partial charge in [-0.3, -0.25) is 10.1 Å². The number of nitrogens with zero attached hydrogens (tertiary/aromatic N) is 1. The molecular weight excluding hydrogens is 245 g/mol. The minimum atomic E-state index is -0.447. The highest BCUT2D eigenvalue weighted by atomic mass is 35.5. The summed E-state index contributed by atoms with van der Waals surface area (Å²) >= 11 is 12.8. The van der Waals surface area contributed by atoms with Crippen molar-refractivity contribution < 1.29 is 4.92 Å². The quantitative estimate of drug-likeness (QED) is 0.562. The number of rotatable bonds is 1. The first-order valence-electron chi connectivity index (χ1n) is 3.61. The van der Waals surface area contributed by atoms with E-state index < -0.39 is 4.92 Å². The Morgan fingerprint density at radius 1 is 1.29 bits per heavy atom. The fraction of sp³-hybridized carbons (Fsp3) is 0. The Kier molecular flexibility index (Phi) is 2.34. The second-order valence-corrected chi connectivity index (χ2v) is 4.46. The molecule has 1 aromatic heterocycles. The van der Waals surface area contributed by atoms with E-state index >= 15 is 0 Å². The van der Waals surface area contributed by atoms with Crippen LogP contribution in [0.1, 0.15) is 0 Å². The predicted octanol–water partition coefficient (Wildman–Crippen LogP) is 4.12. The van der Waals surface area contributed by atoms with E-state index in [9.17, 15) is 10.1 Å². The molecule has 0 saturated heterocycles. The third-order valence-corrected chi connectivity index (χ3v) is 3.63. The van der Waals surface area contributed by atoms with Crippen LogP contribution >= 0.6 is 34.5 Å². The first kappa shape index (κ1) is 9.71. The average molecular weight is 248 g/mol. The van der Waals surface area contributed by atoms with Crippen LogP contribution in [0.3, 0.4) is 0 Å². The molecule has 0 aliphatic carbocycles. The highest BCUT2D eigenvalue weighted by Crippen LogP contribution is 2.39. The number of benzene rings is 1. The van der Waals surface area contributed by atoms with E-state index in [1.165, 1.54) is 6.07 Å². The van der Waals surface area contributed by atoms with Gasteiger partial charge in [0.1, 0.15) is 0 Å². The van der Waals surface area contributed by atoms with Gasteiger partial charge in [-0.1, -0.05) is 34.5 Å². The summed E-state index contributed by atoms with van der Waals surface area (Å²) in [6.07, 6.45) is 0. The number of halogens is 2. The molecular formula is C8H3Cl2NO2S. The van der Waals surface area contributed by atoms with Gasteiger partial charge in [-0.25, -0.2) is 0 Å². The Morgan fingerprint density at radius 3 is 2.50 bits per heavy atom. The van der Waals surface area contributed by atoms with Crippen LogP contribution in [0, 0.1) is 10.1 Å². The maximum atomic E-state index is 10.5. The number of fused-ring (bicyclic) bond motifs is 1. The van der Waals surface area contributed by atoms with Gasteiger partial charge in [-0.2, -0.15) is 0 Å². The fourth-order valence-electron chi connectivity index (χ4n) is 1.13. The number of hydrogen-bond acceptors (Lipinski definition) is 3. The van der Waals surface area contributed by atoms with Gasteiger partial charge in [-0.15, -0.1) is 0 Å². The van der Waals surface area contributed by atoms with Gasteiger partial charge in [-0.05, 0) is 12.1 Å². The molecule has 0 unspecified atom stereocenters. The molecule has 0 bridgehead atoms. The van der Waals surface area contributed by atoms with Crippen LogP contribution in [0.25, 0.3) is 10.1 Å². The first-order valence-corrected chi connectivity index (χ1v) is 5.19. The summed E-state index contributed by atoms with van der Waals surface area (Å²) in [4.78, 5) is 10.1. The molecule has 0 radical (unpaired) electrons. The van der Waals surface area contributed by atoms with Crippen LogP contribution < -0.4 is 0 Å². The van der Waals surface area contributed by atoms with Crippen LogP contribution in [-0.2, 0) is 0 Å². The van der Waals surface area contributed by atoms with Crippen molar-refractivity contribution in [2.24, 2.45) is 0 Å². The van der Waals surface area contributed by atoms with Crippen LogP contribution in [0.15, 0.2) is 18.2 Å². The summed E-state index contributed by atoms with van der Waals surface area (Å²) in [7, 11) is 0. The smallest absolute Gasteiger partial charge is 0.258 e. The predicted molar refractivity (Wildman–Crippen MR) is 58.5 cm³/mol. The lowest BCUT2D eigenvalue weighted by molar-refractivity contribution is -0.380. The maximum absolute atomic E-state index is 10.5. The van der Waals surface area contributed by atoms with Gasteiger partial charge in [0.05, 0.1) is 14.6 Å². The summed E-state index contributed by atoms with van der Waals surface area (Å²) < 4.78 is 0.658. The average Bonchev–Trinajstić information content (AvgIpc) is 2.57. The molecule has 0 N–H and O–H groups in total. The second-order valence-electron chi connectivity index (χ2n) is 2.61. The van der Waals surface area contributed by atoms with Gasteiger partial charge in [0.2, 0.25) is 0 Å². The highest BCUT2D eigenvalue weighted by molar-refractivity contribution is 7.22. The van der Waals surface area contributed by atoms with Crippen LogP contribution in [-0.4, -0.2) is 4.92 Å². The van der Waals surface area contributed by atoms with E-state index in [2.05, 4.69) is 0 Å². The van der Waals surface area contributed by atoms with E-state index in [1.54, 1.807) is 12.1 Å². The molecule has 1 aromatic carbocycles. The molecule has 0 aliphatic heterocycles. The zero-order chi connectivity index (χ0) is 10.3. The van der Waals surface area contributed by atoms with Crippen molar-refractivity contribution in [3.05, 3.63) is 38.4 Å². The monoisotopic (exact) mass is 247 g/mol. The van der Waals surface area contributed by atoms with Gasteiger partial charge in [0.25, 0.3) is 0 Å². The van der Waals surface area contributed by atoms with Crippen molar-refractivity contribution in [2.45, 2.75) is 0 Å². The summed E-state index contributed by atoms with van der Waals surface area (Å²) in [5.74, 6) is 0. The van der Waals surface area contributed by atoms with Crippen molar-refractivity contribution in [2.75, 3.05) is 0 Å². The topological polar surface area (TPSA) is 43.1 Å². The van der Waals surface area contributed by atoms with Gasteiger partial charge in [0.15, 0.2) is 0 Å². The zero-order valence-electron chi connectivity index (χ0n) is 6.66. The molecule has 2 rings (SSSR count). The van der Waals surface area contributed by atoms with Crippen molar-refractivity contribution in [1.82, 2.24) is 0 Å². The highest BCUT2D eigenvalue weighted by Gasteiger charge is 2.15.